The fraction of sp³-hybridized carbons (Fsp3) is 0.353. The van der Waals surface area contributed by atoms with E-state index in [4.69, 9.17) is 11.6 Å². The van der Waals surface area contributed by atoms with Gasteiger partial charge in [0.15, 0.2) is 5.78 Å². The number of rotatable bonds is 5. The second-order valence-corrected chi connectivity index (χ2v) is 6.79. The first-order valence-corrected chi connectivity index (χ1v) is 7.77. The zero-order chi connectivity index (χ0) is 16.9. The zero-order valence-electron chi connectivity index (χ0n) is 13.2. The quantitative estimate of drug-likeness (QED) is 0.643. The van der Waals surface area contributed by atoms with Gasteiger partial charge >= 0.3 is 0 Å². The van der Waals surface area contributed by atoms with Crippen molar-refractivity contribution in [2.24, 2.45) is 10.5 Å². The molecule has 0 aromatic heterocycles. The maximum Gasteiger partial charge on any atom is 0.259 e. The molecule has 2 N–H and O–H groups in total. The second-order valence-electron chi connectivity index (χ2n) is 6.35. The molecule has 122 valence electrons. The lowest BCUT2D eigenvalue weighted by molar-refractivity contribution is -0.120. The number of nitrogens with zero attached hydrogens (tertiary/aromatic N) is 1. The number of hydrogen-bond donors (Lipinski definition) is 2. The minimum absolute atomic E-state index is 0.0720. The Morgan fingerprint density at radius 1 is 1.30 bits per heavy atom. The van der Waals surface area contributed by atoms with Crippen LogP contribution >= 0.6 is 11.6 Å². The van der Waals surface area contributed by atoms with E-state index in [0.717, 1.165) is 17.7 Å². The fourth-order valence-electron chi connectivity index (χ4n) is 2.42. The average Bonchev–Trinajstić information content (AvgIpc) is 2.45. The molecular formula is C17H20ClN3O2. The molecule has 0 bridgehead atoms. The van der Waals surface area contributed by atoms with Crippen LogP contribution in [0.3, 0.4) is 0 Å². The van der Waals surface area contributed by atoms with Gasteiger partial charge in [-0.05, 0) is 29.5 Å². The molecule has 6 heteroatoms. The highest BCUT2D eigenvalue weighted by atomic mass is 35.5. The van der Waals surface area contributed by atoms with Crippen molar-refractivity contribution in [2.75, 3.05) is 6.54 Å². The molecule has 1 aliphatic carbocycles. The Labute approximate surface area is 140 Å². The van der Waals surface area contributed by atoms with Crippen molar-refractivity contribution < 1.29 is 9.59 Å². The van der Waals surface area contributed by atoms with E-state index in [0.29, 0.717) is 11.4 Å². The summed E-state index contributed by atoms with van der Waals surface area (Å²) in [6.07, 6.45) is 4.41. The molecule has 1 amide bonds. The third-order valence-electron chi connectivity index (χ3n) is 3.41. The number of amides is 1. The van der Waals surface area contributed by atoms with Gasteiger partial charge < -0.3 is 5.32 Å². The van der Waals surface area contributed by atoms with Crippen LogP contribution in [0, 0.1) is 5.41 Å². The first-order chi connectivity index (χ1) is 10.8. The van der Waals surface area contributed by atoms with Gasteiger partial charge in [0.2, 0.25) is 0 Å². The zero-order valence-corrected chi connectivity index (χ0v) is 14.0. The molecule has 0 aliphatic heterocycles. The van der Waals surface area contributed by atoms with Crippen molar-refractivity contribution in [3.63, 3.8) is 0 Å². The summed E-state index contributed by atoms with van der Waals surface area (Å²) in [4.78, 5) is 23.4. The minimum atomic E-state index is -0.271. The van der Waals surface area contributed by atoms with Crippen LogP contribution in [0.25, 0.3) is 0 Å². The van der Waals surface area contributed by atoms with E-state index in [9.17, 15) is 9.59 Å². The predicted molar refractivity (Wildman–Crippen MR) is 91.3 cm³/mol. The molecule has 0 saturated heterocycles. The Morgan fingerprint density at radius 3 is 2.65 bits per heavy atom. The van der Waals surface area contributed by atoms with E-state index >= 15 is 0 Å². The molecule has 0 atom stereocenters. The summed E-state index contributed by atoms with van der Waals surface area (Å²) in [6, 6.07) is 7.11. The molecule has 2 rings (SSSR count). The normalized spacial score (nSPS) is 17.0. The van der Waals surface area contributed by atoms with Gasteiger partial charge in [-0.1, -0.05) is 37.6 Å². The third-order valence-corrected chi connectivity index (χ3v) is 3.66. The molecule has 1 aliphatic rings. The summed E-state index contributed by atoms with van der Waals surface area (Å²) in [6.45, 7) is 4.15. The van der Waals surface area contributed by atoms with Crippen LogP contribution in [0.4, 0.5) is 0 Å². The fourth-order valence-corrected chi connectivity index (χ4v) is 2.55. The molecule has 0 radical (unpaired) electrons. The predicted octanol–water partition coefficient (Wildman–Crippen LogP) is 2.65. The second kappa shape index (κ2) is 7.42. The van der Waals surface area contributed by atoms with Crippen molar-refractivity contribution in [3.05, 3.63) is 46.6 Å². The average molecular weight is 334 g/mol. The Kier molecular flexibility index (Phi) is 5.55. The summed E-state index contributed by atoms with van der Waals surface area (Å²) in [7, 11) is 0. The van der Waals surface area contributed by atoms with Crippen molar-refractivity contribution >= 4 is 29.5 Å². The van der Waals surface area contributed by atoms with Crippen LogP contribution in [0.5, 0.6) is 0 Å². The van der Waals surface area contributed by atoms with Crippen molar-refractivity contribution in [1.82, 2.24) is 10.7 Å². The van der Waals surface area contributed by atoms with Gasteiger partial charge in [-0.2, -0.15) is 5.10 Å². The number of hydrogen-bond acceptors (Lipinski definition) is 4. The topological polar surface area (TPSA) is 70.6 Å². The number of hydrazone groups is 1. The maximum atomic E-state index is 11.8. The molecular weight excluding hydrogens is 314 g/mol. The van der Waals surface area contributed by atoms with E-state index in [2.05, 4.69) is 15.8 Å². The summed E-state index contributed by atoms with van der Waals surface area (Å²) in [5.41, 5.74) is 4.00. The number of halogens is 1. The number of carbonyl (C=O) groups excluding carboxylic acids is 2. The summed E-state index contributed by atoms with van der Waals surface area (Å²) >= 11 is 5.79. The van der Waals surface area contributed by atoms with Crippen molar-refractivity contribution in [2.45, 2.75) is 26.7 Å². The molecule has 1 aromatic rings. The number of carbonyl (C=O) groups is 2. The first-order valence-electron chi connectivity index (χ1n) is 7.39. The maximum absolute atomic E-state index is 11.8. The van der Waals surface area contributed by atoms with Gasteiger partial charge in [-0.25, -0.2) is 5.43 Å². The first kappa shape index (κ1) is 17.2. The Balaban J connectivity index is 1.79. The molecule has 0 saturated carbocycles. The molecule has 5 nitrogen and oxygen atoms in total. The molecule has 0 unspecified atom stereocenters. The monoisotopic (exact) mass is 333 g/mol. The molecule has 0 heterocycles. The van der Waals surface area contributed by atoms with Gasteiger partial charge in [-0.3, -0.25) is 9.59 Å². The standard InChI is InChI=1S/C17H20ClN3O2/c1-17(2)8-14(7-15(22)9-17)19-11-16(23)21-20-10-12-3-5-13(18)6-4-12/h3-7,10,19H,8-9,11H2,1-2H3,(H,21,23)/b20-10+. The Hall–Kier alpha value is -2.14. The van der Waals surface area contributed by atoms with Crippen LogP contribution < -0.4 is 10.7 Å². The van der Waals surface area contributed by atoms with Crippen LogP contribution in [0.15, 0.2) is 41.1 Å². The van der Waals surface area contributed by atoms with E-state index in [1.54, 1.807) is 36.6 Å². The van der Waals surface area contributed by atoms with Crippen LogP contribution in [-0.4, -0.2) is 24.4 Å². The van der Waals surface area contributed by atoms with E-state index < -0.39 is 0 Å². The summed E-state index contributed by atoms with van der Waals surface area (Å²) in [5.74, 6) is -0.183. The van der Waals surface area contributed by atoms with E-state index in [1.807, 2.05) is 13.8 Å². The smallest absolute Gasteiger partial charge is 0.259 e. The number of nitrogens with one attached hydrogen (secondary N) is 2. The van der Waals surface area contributed by atoms with Crippen molar-refractivity contribution in [3.8, 4) is 0 Å². The Morgan fingerprint density at radius 2 is 2.00 bits per heavy atom. The number of ketones is 1. The van der Waals surface area contributed by atoms with Crippen LogP contribution in [0.2, 0.25) is 5.02 Å². The van der Waals surface area contributed by atoms with Gasteiger partial charge in [0.1, 0.15) is 0 Å². The number of benzene rings is 1. The summed E-state index contributed by atoms with van der Waals surface area (Å²) < 4.78 is 0. The molecule has 0 spiro atoms. The molecule has 23 heavy (non-hydrogen) atoms. The lowest BCUT2D eigenvalue weighted by Gasteiger charge is -2.29. The van der Waals surface area contributed by atoms with Gasteiger partial charge in [0.05, 0.1) is 12.8 Å². The lowest BCUT2D eigenvalue weighted by Crippen LogP contribution is -2.34. The molecule has 0 fully saturated rings. The largest absolute Gasteiger partial charge is 0.379 e. The SMILES string of the molecule is CC1(C)CC(=O)C=C(NCC(=O)N/N=C/c2ccc(Cl)cc2)C1. The van der Waals surface area contributed by atoms with Gasteiger partial charge in [0.25, 0.3) is 5.91 Å². The number of allylic oxidation sites excluding steroid dienone is 2. The van der Waals surface area contributed by atoms with E-state index in [1.165, 1.54) is 0 Å². The highest BCUT2D eigenvalue weighted by molar-refractivity contribution is 6.30. The van der Waals surface area contributed by atoms with Gasteiger partial charge in [-0.15, -0.1) is 0 Å². The highest BCUT2D eigenvalue weighted by Crippen LogP contribution is 2.32. The third kappa shape index (κ3) is 5.87. The lowest BCUT2D eigenvalue weighted by atomic mass is 9.79. The highest BCUT2D eigenvalue weighted by Gasteiger charge is 2.27. The van der Waals surface area contributed by atoms with Crippen molar-refractivity contribution in [1.29, 1.82) is 0 Å². The Bertz CT molecular complexity index is 648. The van der Waals surface area contributed by atoms with Gasteiger partial charge in [0, 0.05) is 23.2 Å². The van der Waals surface area contributed by atoms with E-state index in [-0.39, 0.29) is 23.7 Å². The van der Waals surface area contributed by atoms with Crippen LogP contribution in [-0.2, 0) is 9.59 Å². The summed E-state index contributed by atoms with van der Waals surface area (Å²) in [5, 5.41) is 7.53. The minimum Gasteiger partial charge on any atom is -0.379 e. The van der Waals surface area contributed by atoms with Crippen LogP contribution in [0.1, 0.15) is 32.3 Å². The molecule has 1 aromatic carbocycles.